The van der Waals surface area contributed by atoms with Gasteiger partial charge in [-0.15, -0.1) is 0 Å². The number of nitrogens with zero attached hydrogens (tertiary/aromatic N) is 2. The first kappa shape index (κ1) is 21.8. The van der Waals surface area contributed by atoms with Crippen molar-refractivity contribution in [2.75, 3.05) is 24.4 Å². The molecule has 0 spiro atoms. The highest BCUT2D eigenvalue weighted by atomic mass is 16.6. The zero-order valence-corrected chi connectivity index (χ0v) is 17.5. The van der Waals surface area contributed by atoms with Crippen LogP contribution in [0.2, 0.25) is 0 Å². The van der Waals surface area contributed by atoms with Gasteiger partial charge in [0.25, 0.3) is 0 Å². The lowest BCUT2D eigenvalue weighted by atomic mass is 10.2. The third-order valence-corrected chi connectivity index (χ3v) is 3.97. The minimum absolute atomic E-state index is 0.172. The van der Waals surface area contributed by atoms with Crippen molar-refractivity contribution in [3.8, 4) is 11.4 Å². The van der Waals surface area contributed by atoms with Crippen LogP contribution in [0, 0.1) is 5.41 Å². The van der Waals surface area contributed by atoms with Crippen LogP contribution >= 0.6 is 0 Å². The van der Waals surface area contributed by atoms with Crippen molar-refractivity contribution in [1.29, 1.82) is 5.41 Å². The number of imidazole rings is 1. The Kier molecular flexibility index (Phi) is 6.21. The molecule has 0 fully saturated rings. The summed E-state index contributed by atoms with van der Waals surface area (Å²) in [6, 6.07) is 4.97. The second-order valence-electron chi connectivity index (χ2n) is 7.36. The van der Waals surface area contributed by atoms with Gasteiger partial charge in [-0.3, -0.25) is 4.90 Å². The molecule has 9 nitrogen and oxygen atoms in total. The first-order chi connectivity index (χ1) is 13.5. The van der Waals surface area contributed by atoms with Gasteiger partial charge >= 0.3 is 11.8 Å². The summed E-state index contributed by atoms with van der Waals surface area (Å²) < 4.78 is 12.2. The summed E-state index contributed by atoms with van der Waals surface area (Å²) in [4.78, 5) is 29.1. The third kappa shape index (κ3) is 4.68. The fourth-order valence-electron chi connectivity index (χ4n) is 2.67. The Labute approximate surface area is 169 Å². The fourth-order valence-corrected chi connectivity index (χ4v) is 2.67. The Morgan fingerprint density at radius 3 is 2.55 bits per heavy atom. The number of H-pyrrole nitrogens is 1. The van der Waals surface area contributed by atoms with Crippen LogP contribution in [0.4, 0.5) is 16.3 Å². The molecule has 0 saturated heterocycles. The minimum atomic E-state index is -0.643. The first-order valence-electron chi connectivity index (χ1n) is 8.93. The van der Waals surface area contributed by atoms with E-state index in [9.17, 15) is 9.59 Å². The molecule has 0 saturated carbocycles. The van der Waals surface area contributed by atoms with E-state index in [4.69, 9.17) is 14.9 Å². The van der Waals surface area contributed by atoms with Crippen LogP contribution in [0.25, 0.3) is 5.69 Å². The van der Waals surface area contributed by atoms with Gasteiger partial charge in [0.2, 0.25) is 0 Å². The fraction of sp³-hybridized carbons (Fsp3) is 0.350. The zero-order valence-electron chi connectivity index (χ0n) is 17.5. The predicted molar refractivity (Wildman–Crippen MR) is 114 cm³/mol. The molecule has 0 aliphatic rings. The summed E-state index contributed by atoms with van der Waals surface area (Å²) in [6.45, 7) is 10.5. The molecule has 29 heavy (non-hydrogen) atoms. The highest BCUT2D eigenvalue weighted by Gasteiger charge is 2.23. The summed E-state index contributed by atoms with van der Waals surface area (Å²) in [5.74, 6) is 0.751. The number of carbonyl (C=O) groups is 1. The summed E-state index contributed by atoms with van der Waals surface area (Å²) >= 11 is 0. The van der Waals surface area contributed by atoms with Gasteiger partial charge in [0.05, 0.1) is 18.5 Å². The van der Waals surface area contributed by atoms with Gasteiger partial charge in [0.1, 0.15) is 22.9 Å². The molecule has 1 aromatic heterocycles. The van der Waals surface area contributed by atoms with E-state index >= 15 is 0 Å². The van der Waals surface area contributed by atoms with Crippen molar-refractivity contribution >= 4 is 23.3 Å². The van der Waals surface area contributed by atoms with Crippen molar-refractivity contribution in [3.05, 3.63) is 47.2 Å². The maximum Gasteiger partial charge on any atom is 0.414 e. The molecule has 1 aromatic carbocycles. The number of methoxy groups -OCH3 is 1. The van der Waals surface area contributed by atoms with Crippen LogP contribution in [0.1, 0.15) is 33.4 Å². The van der Waals surface area contributed by atoms with Gasteiger partial charge in [-0.05, 0) is 52.1 Å². The normalized spacial score (nSPS) is 11.0. The molecule has 3 N–H and O–H groups in total. The Hall–Kier alpha value is -3.49. The van der Waals surface area contributed by atoms with Crippen LogP contribution in [0.5, 0.6) is 5.75 Å². The molecular formula is C20H27N5O4. The summed E-state index contributed by atoms with van der Waals surface area (Å²) in [5.41, 5.74) is 0.273. The average Bonchev–Trinajstić information content (AvgIpc) is 2.95. The number of carbonyl (C=O) groups excluding carboxylic acids is 1. The molecule has 9 heteroatoms. The van der Waals surface area contributed by atoms with Crippen molar-refractivity contribution in [2.45, 2.75) is 33.3 Å². The van der Waals surface area contributed by atoms with Gasteiger partial charge < -0.3 is 25.2 Å². The Bertz CT molecular complexity index is 997. The van der Waals surface area contributed by atoms with Crippen LogP contribution in [0.3, 0.4) is 0 Å². The smallest absolute Gasteiger partial charge is 0.414 e. The second-order valence-corrected chi connectivity index (χ2v) is 7.36. The number of aromatic nitrogens is 2. The average molecular weight is 401 g/mol. The second kappa shape index (κ2) is 8.26. The Morgan fingerprint density at radius 2 is 2.03 bits per heavy atom. The van der Waals surface area contributed by atoms with Gasteiger partial charge in [0.15, 0.2) is 0 Å². The van der Waals surface area contributed by atoms with Crippen LogP contribution in [-0.2, 0) is 4.74 Å². The number of nitrogens with one attached hydrogen (secondary N) is 3. The minimum Gasteiger partial charge on any atom is -0.495 e. The summed E-state index contributed by atoms with van der Waals surface area (Å²) in [6.07, 6.45) is 0.879. The lowest BCUT2D eigenvalue weighted by molar-refractivity contribution is 0.0589. The number of amides is 1. The molecule has 2 rings (SSSR count). The zero-order chi connectivity index (χ0) is 21.9. The number of anilines is 2. The van der Waals surface area contributed by atoms with Crippen molar-refractivity contribution < 1.29 is 14.3 Å². The van der Waals surface area contributed by atoms with Gasteiger partial charge in [-0.2, -0.15) is 0 Å². The molecule has 0 aliphatic heterocycles. The number of ether oxygens (including phenoxy) is 2. The number of benzene rings is 1. The highest BCUT2D eigenvalue weighted by molar-refractivity contribution is 5.99. The van der Waals surface area contributed by atoms with Crippen LogP contribution in [-0.4, -0.2) is 41.1 Å². The molecule has 1 amide bonds. The third-order valence-electron chi connectivity index (χ3n) is 3.97. The molecular weight excluding hydrogens is 374 g/mol. The molecule has 0 bridgehead atoms. The van der Waals surface area contributed by atoms with E-state index in [0.29, 0.717) is 28.6 Å². The lowest BCUT2D eigenvalue weighted by Crippen LogP contribution is -2.34. The molecule has 0 aliphatic carbocycles. The maximum atomic E-state index is 12.7. The quantitative estimate of drug-likeness (QED) is 0.642. The number of aromatic amines is 1. The summed E-state index contributed by atoms with van der Waals surface area (Å²) in [5, 5.41) is 10.8. The molecule has 0 unspecified atom stereocenters. The van der Waals surface area contributed by atoms with E-state index in [-0.39, 0.29) is 5.71 Å². The van der Waals surface area contributed by atoms with Gasteiger partial charge in [0, 0.05) is 12.7 Å². The first-order valence-corrected chi connectivity index (χ1v) is 8.93. The Morgan fingerprint density at radius 1 is 1.38 bits per heavy atom. The predicted octanol–water partition coefficient (Wildman–Crippen LogP) is 3.49. The van der Waals surface area contributed by atoms with E-state index in [1.807, 2.05) is 0 Å². The van der Waals surface area contributed by atoms with Crippen LogP contribution < -0.4 is 20.6 Å². The highest BCUT2D eigenvalue weighted by Crippen LogP contribution is 2.31. The lowest BCUT2D eigenvalue weighted by Gasteiger charge is -2.25. The number of rotatable bonds is 6. The van der Waals surface area contributed by atoms with Crippen LogP contribution in [0.15, 0.2) is 35.8 Å². The Balaban J connectivity index is 2.64. The monoisotopic (exact) mass is 401 g/mol. The van der Waals surface area contributed by atoms with Gasteiger partial charge in [-0.25, -0.2) is 14.2 Å². The van der Waals surface area contributed by atoms with E-state index in [0.717, 1.165) is 0 Å². The van der Waals surface area contributed by atoms with E-state index < -0.39 is 17.4 Å². The topological polar surface area (TPSA) is 112 Å². The summed E-state index contributed by atoms with van der Waals surface area (Å²) in [7, 11) is 3.06. The number of hydrogen-bond acceptors (Lipinski definition) is 6. The van der Waals surface area contributed by atoms with E-state index in [1.165, 1.54) is 22.8 Å². The largest absolute Gasteiger partial charge is 0.495 e. The molecule has 0 atom stereocenters. The maximum absolute atomic E-state index is 12.7. The van der Waals surface area contributed by atoms with Gasteiger partial charge in [-0.1, -0.05) is 6.58 Å². The molecule has 1 heterocycles. The van der Waals surface area contributed by atoms with E-state index in [2.05, 4.69) is 16.9 Å². The molecule has 0 radical (unpaired) electrons. The number of hydrogen-bond donors (Lipinski definition) is 3. The van der Waals surface area contributed by atoms with Crippen molar-refractivity contribution in [3.63, 3.8) is 0 Å². The molecule has 156 valence electrons. The van der Waals surface area contributed by atoms with Crippen molar-refractivity contribution in [2.24, 2.45) is 0 Å². The molecule has 2 aromatic rings. The van der Waals surface area contributed by atoms with E-state index in [1.54, 1.807) is 52.9 Å². The SMILES string of the molecule is C=CNc1c(C(C)=N)[nH]c(=O)n1-c1cc(N(C)C(=O)OC(C)(C)C)ccc1OC. The standard InChI is InChI=1S/C20H27N5O4/c1-8-22-17-16(12(2)21)23-18(26)25(17)14-11-13(9-10-15(14)28-7)24(6)19(27)29-20(3,4)5/h8-11,21-22H,1H2,2-7H3,(H,23,26). The van der Waals surface area contributed by atoms with Crippen molar-refractivity contribution in [1.82, 2.24) is 9.55 Å².